The minimum Gasteiger partial charge on any atom is -0.382 e. The van der Waals surface area contributed by atoms with Gasteiger partial charge in [0.25, 0.3) is 0 Å². The van der Waals surface area contributed by atoms with Gasteiger partial charge in [0.1, 0.15) is 0 Å². The van der Waals surface area contributed by atoms with Gasteiger partial charge in [-0.1, -0.05) is 0 Å². The van der Waals surface area contributed by atoms with Crippen LogP contribution in [0.15, 0.2) is 0 Å². The van der Waals surface area contributed by atoms with Crippen LogP contribution in [-0.4, -0.2) is 42.9 Å². The van der Waals surface area contributed by atoms with Crippen molar-refractivity contribution in [1.82, 2.24) is 10.6 Å². The van der Waals surface area contributed by atoms with Crippen molar-refractivity contribution in [3.8, 4) is 0 Å². The maximum atomic E-state index is 5.24. The molecule has 0 heterocycles. The molecular formula is C11H24N2OS2. The van der Waals surface area contributed by atoms with Gasteiger partial charge in [0.15, 0.2) is 5.11 Å². The van der Waals surface area contributed by atoms with Crippen molar-refractivity contribution in [3.63, 3.8) is 0 Å². The van der Waals surface area contributed by atoms with Crippen LogP contribution in [0, 0.1) is 0 Å². The molecule has 0 aromatic heterocycles. The van der Waals surface area contributed by atoms with E-state index in [0.717, 1.165) is 37.7 Å². The van der Waals surface area contributed by atoms with Crippen molar-refractivity contribution in [2.75, 3.05) is 31.8 Å². The van der Waals surface area contributed by atoms with Gasteiger partial charge in [-0.2, -0.15) is 11.8 Å². The highest BCUT2D eigenvalue weighted by molar-refractivity contribution is 7.98. The van der Waals surface area contributed by atoms with Crippen LogP contribution in [0.3, 0.4) is 0 Å². The van der Waals surface area contributed by atoms with Gasteiger partial charge in [0, 0.05) is 25.8 Å². The lowest BCUT2D eigenvalue weighted by Crippen LogP contribution is -2.41. The lowest BCUT2D eigenvalue weighted by atomic mass is 10.3. The molecule has 2 N–H and O–H groups in total. The molecule has 0 spiro atoms. The Labute approximate surface area is 109 Å². The third-order valence-corrected chi connectivity index (χ3v) is 2.99. The first-order valence-electron chi connectivity index (χ1n) is 5.81. The first-order valence-corrected chi connectivity index (χ1v) is 7.62. The minimum atomic E-state index is 0.444. The van der Waals surface area contributed by atoms with Crippen LogP contribution in [0.5, 0.6) is 0 Å². The fourth-order valence-corrected chi connectivity index (χ4v) is 2.05. The van der Waals surface area contributed by atoms with Gasteiger partial charge in [-0.15, -0.1) is 0 Å². The summed E-state index contributed by atoms with van der Waals surface area (Å²) in [7, 11) is 0. The molecule has 1 unspecified atom stereocenters. The molecule has 1 atom stereocenters. The summed E-state index contributed by atoms with van der Waals surface area (Å²) in [6.45, 7) is 6.63. The molecule has 0 aromatic carbocycles. The van der Waals surface area contributed by atoms with Crippen LogP contribution < -0.4 is 10.6 Å². The quantitative estimate of drug-likeness (QED) is 0.492. The lowest BCUT2D eigenvalue weighted by molar-refractivity contribution is 0.145. The maximum absolute atomic E-state index is 5.24. The summed E-state index contributed by atoms with van der Waals surface area (Å²) in [4.78, 5) is 0. The fourth-order valence-electron chi connectivity index (χ4n) is 1.16. The number of thiocarbonyl (C=S) groups is 1. The van der Waals surface area contributed by atoms with E-state index in [0.29, 0.717) is 6.04 Å². The molecule has 96 valence electrons. The molecule has 0 fully saturated rings. The average molecular weight is 264 g/mol. The SMILES string of the molecule is CCOCCCNC(=S)NC(C)CCSC. The van der Waals surface area contributed by atoms with E-state index in [4.69, 9.17) is 17.0 Å². The molecule has 0 aromatic rings. The van der Waals surface area contributed by atoms with Crippen molar-refractivity contribution in [1.29, 1.82) is 0 Å². The minimum absolute atomic E-state index is 0.444. The molecule has 0 aliphatic rings. The Morgan fingerprint density at radius 3 is 2.88 bits per heavy atom. The van der Waals surface area contributed by atoms with Crippen LogP contribution in [0.4, 0.5) is 0 Å². The standard InChI is InChI=1S/C11H24N2OS2/c1-4-14-8-5-7-12-11(15)13-10(2)6-9-16-3/h10H,4-9H2,1-3H3,(H2,12,13,15). The van der Waals surface area contributed by atoms with E-state index in [-0.39, 0.29) is 0 Å². The topological polar surface area (TPSA) is 33.3 Å². The molecule has 0 rings (SSSR count). The fraction of sp³-hybridized carbons (Fsp3) is 0.909. The lowest BCUT2D eigenvalue weighted by Gasteiger charge is -2.16. The van der Waals surface area contributed by atoms with Gasteiger partial charge in [-0.05, 0) is 50.9 Å². The normalized spacial score (nSPS) is 12.2. The zero-order chi connectivity index (χ0) is 12.2. The number of rotatable bonds is 9. The monoisotopic (exact) mass is 264 g/mol. The third kappa shape index (κ3) is 10.5. The molecule has 0 radical (unpaired) electrons. The zero-order valence-electron chi connectivity index (χ0n) is 10.5. The number of thioether (sulfide) groups is 1. The summed E-state index contributed by atoms with van der Waals surface area (Å²) in [6.07, 6.45) is 4.26. The van der Waals surface area contributed by atoms with Crippen molar-refractivity contribution in [2.45, 2.75) is 32.7 Å². The van der Waals surface area contributed by atoms with Gasteiger partial charge in [0.2, 0.25) is 0 Å². The van der Waals surface area contributed by atoms with Crippen molar-refractivity contribution >= 4 is 29.1 Å². The number of nitrogens with one attached hydrogen (secondary N) is 2. The van der Waals surface area contributed by atoms with Crippen LogP contribution in [0.25, 0.3) is 0 Å². The second-order valence-electron chi connectivity index (χ2n) is 3.63. The number of hydrogen-bond acceptors (Lipinski definition) is 3. The first-order chi connectivity index (χ1) is 7.70. The molecule has 5 heteroatoms. The number of ether oxygens (including phenoxy) is 1. The second-order valence-corrected chi connectivity index (χ2v) is 5.03. The Hall–Kier alpha value is 0. The van der Waals surface area contributed by atoms with E-state index in [1.165, 1.54) is 5.75 Å². The van der Waals surface area contributed by atoms with Crippen LogP contribution in [0.1, 0.15) is 26.7 Å². The molecule has 0 aliphatic carbocycles. The van der Waals surface area contributed by atoms with Crippen molar-refractivity contribution in [3.05, 3.63) is 0 Å². The Kier molecular flexibility index (Phi) is 11.5. The maximum Gasteiger partial charge on any atom is 0.166 e. The van der Waals surface area contributed by atoms with Gasteiger partial charge in [-0.25, -0.2) is 0 Å². The Morgan fingerprint density at radius 1 is 1.50 bits per heavy atom. The first kappa shape index (κ1) is 16.0. The molecule has 0 bridgehead atoms. The molecule has 16 heavy (non-hydrogen) atoms. The van der Waals surface area contributed by atoms with Crippen LogP contribution in [0.2, 0.25) is 0 Å². The van der Waals surface area contributed by atoms with Gasteiger partial charge in [-0.3, -0.25) is 0 Å². The van der Waals surface area contributed by atoms with Gasteiger partial charge >= 0.3 is 0 Å². The van der Waals surface area contributed by atoms with Crippen LogP contribution in [-0.2, 0) is 4.74 Å². The van der Waals surface area contributed by atoms with Crippen LogP contribution >= 0.6 is 24.0 Å². The summed E-state index contributed by atoms with van der Waals surface area (Å²) < 4.78 is 5.24. The van der Waals surface area contributed by atoms with Gasteiger partial charge < -0.3 is 15.4 Å². The second kappa shape index (κ2) is 11.5. The molecule has 0 saturated carbocycles. The largest absolute Gasteiger partial charge is 0.382 e. The highest BCUT2D eigenvalue weighted by atomic mass is 32.2. The predicted octanol–water partition coefficient (Wildman–Crippen LogP) is 2.02. The van der Waals surface area contributed by atoms with Gasteiger partial charge in [0.05, 0.1) is 0 Å². The Bertz CT molecular complexity index is 179. The van der Waals surface area contributed by atoms with Crippen molar-refractivity contribution < 1.29 is 4.74 Å². The van der Waals surface area contributed by atoms with Crippen molar-refractivity contribution in [2.24, 2.45) is 0 Å². The summed E-state index contributed by atoms with van der Waals surface area (Å²) in [5, 5.41) is 7.21. The molecule has 0 aliphatic heterocycles. The summed E-state index contributed by atoms with van der Waals surface area (Å²) in [5.41, 5.74) is 0. The summed E-state index contributed by atoms with van der Waals surface area (Å²) >= 11 is 7.05. The molecule has 0 saturated heterocycles. The van der Waals surface area contributed by atoms with E-state index in [1.54, 1.807) is 0 Å². The highest BCUT2D eigenvalue weighted by Gasteiger charge is 2.02. The van der Waals surface area contributed by atoms with E-state index < -0.39 is 0 Å². The summed E-state index contributed by atoms with van der Waals surface area (Å²) in [6, 6.07) is 0.444. The predicted molar refractivity (Wildman–Crippen MR) is 77.3 cm³/mol. The zero-order valence-corrected chi connectivity index (χ0v) is 12.2. The van der Waals surface area contributed by atoms with E-state index in [2.05, 4.69) is 23.8 Å². The third-order valence-electron chi connectivity index (χ3n) is 2.09. The van der Waals surface area contributed by atoms with E-state index in [9.17, 15) is 0 Å². The smallest absolute Gasteiger partial charge is 0.166 e. The van der Waals surface area contributed by atoms with E-state index in [1.807, 2.05) is 18.7 Å². The molecule has 3 nitrogen and oxygen atoms in total. The Morgan fingerprint density at radius 2 is 2.25 bits per heavy atom. The highest BCUT2D eigenvalue weighted by Crippen LogP contribution is 1.99. The number of hydrogen-bond donors (Lipinski definition) is 2. The summed E-state index contributed by atoms with van der Waals surface area (Å²) in [5.74, 6) is 1.17. The average Bonchev–Trinajstić information content (AvgIpc) is 2.26. The molecule has 0 amide bonds. The van der Waals surface area contributed by atoms with E-state index >= 15 is 0 Å². The Balaban J connectivity index is 3.36. The molecular weight excluding hydrogens is 240 g/mol.